The molecule has 3 aliphatic rings. The van der Waals surface area contributed by atoms with Crippen molar-refractivity contribution in [2.24, 2.45) is 23.7 Å². The van der Waals surface area contributed by atoms with Gasteiger partial charge >= 0.3 is 11.9 Å². The van der Waals surface area contributed by atoms with Crippen LogP contribution in [0.15, 0.2) is 99.6 Å². The number of ether oxygens (including phenoxy) is 3. The number of carbonyl (C=O) groups is 2. The Hall–Kier alpha value is -3.25. The Balaban J connectivity index is 1.24. The van der Waals surface area contributed by atoms with Gasteiger partial charge in [-0.25, -0.2) is 0 Å². The van der Waals surface area contributed by atoms with Crippen molar-refractivity contribution in [1.29, 1.82) is 0 Å². The van der Waals surface area contributed by atoms with Crippen molar-refractivity contribution in [3.8, 4) is 5.75 Å². The molecule has 190 valence electrons. The number of fused-ring (bicyclic) bond motifs is 1. The SMILES string of the molecule is CCC(C)C(=O)OC1C2CC3C1OC(=O)C3C2Oc1ccc([S+](c2ccccc2)c2ccccc2)cc1. The van der Waals surface area contributed by atoms with Gasteiger partial charge in [-0.2, -0.15) is 0 Å². The van der Waals surface area contributed by atoms with E-state index in [1.165, 1.54) is 14.7 Å². The summed E-state index contributed by atoms with van der Waals surface area (Å²) in [5.74, 6) is -0.194. The van der Waals surface area contributed by atoms with E-state index >= 15 is 0 Å². The van der Waals surface area contributed by atoms with Gasteiger partial charge in [0, 0.05) is 11.8 Å². The molecule has 2 aliphatic carbocycles. The Morgan fingerprint density at radius 2 is 1.49 bits per heavy atom. The molecule has 7 unspecified atom stereocenters. The summed E-state index contributed by atoms with van der Waals surface area (Å²) in [6, 6.07) is 29.2. The van der Waals surface area contributed by atoms with Crippen molar-refractivity contribution in [2.45, 2.75) is 59.7 Å². The molecule has 3 aromatic carbocycles. The average molecular weight is 516 g/mol. The molecule has 6 heteroatoms. The normalized spacial score (nSPS) is 28.2. The van der Waals surface area contributed by atoms with Crippen LogP contribution in [-0.2, 0) is 30.0 Å². The van der Waals surface area contributed by atoms with Gasteiger partial charge in [0.1, 0.15) is 30.0 Å². The molecule has 37 heavy (non-hydrogen) atoms. The van der Waals surface area contributed by atoms with Crippen LogP contribution in [0.1, 0.15) is 26.7 Å². The van der Waals surface area contributed by atoms with E-state index in [1.54, 1.807) is 0 Å². The summed E-state index contributed by atoms with van der Waals surface area (Å²) in [4.78, 5) is 29.0. The van der Waals surface area contributed by atoms with Gasteiger partial charge in [-0.3, -0.25) is 9.59 Å². The molecular formula is C31H31O5S+. The second-order valence-corrected chi connectivity index (χ2v) is 12.2. The van der Waals surface area contributed by atoms with Crippen LogP contribution in [0.5, 0.6) is 5.75 Å². The summed E-state index contributed by atoms with van der Waals surface area (Å²) in [6.45, 7) is 3.84. The number of benzene rings is 3. The first-order chi connectivity index (χ1) is 18.0. The van der Waals surface area contributed by atoms with Crippen molar-refractivity contribution < 1.29 is 23.8 Å². The Bertz CT molecular complexity index is 1220. The predicted molar refractivity (Wildman–Crippen MR) is 140 cm³/mol. The Morgan fingerprint density at radius 3 is 2.08 bits per heavy atom. The molecule has 3 aromatic rings. The first-order valence-electron chi connectivity index (χ1n) is 13.1. The van der Waals surface area contributed by atoms with Gasteiger partial charge in [-0.05, 0) is 61.4 Å². The lowest BCUT2D eigenvalue weighted by molar-refractivity contribution is -0.166. The first kappa shape index (κ1) is 24.1. The van der Waals surface area contributed by atoms with E-state index in [1.807, 2.05) is 38.1 Å². The molecule has 5 nitrogen and oxygen atoms in total. The minimum absolute atomic E-state index is 0.0395. The maximum Gasteiger partial charge on any atom is 0.313 e. The second-order valence-electron chi connectivity index (χ2n) is 10.2. The first-order valence-corrected chi connectivity index (χ1v) is 14.3. The Labute approximate surface area is 220 Å². The zero-order chi connectivity index (χ0) is 25.5. The summed E-state index contributed by atoms with van der Waals surface area (Å²) in [7, 11) is -0.241. The van der Waals surface area contributed by atoms with E-state index in [4.69, 9.17) is 14.2 Å². The van der Waals surface area contributed by atoms with Crippen LogP contribution in [-0.4, -0.2) is 30.3 Å². The molecule has 1 aliphatic heterocycles. The van der Waals surface area contributed by atoms with Crippen molar-refractivity contribution in [1.82, 2.24) is 0 Å². The number of hydrogen-bond acceptors (Lipinski definition) is 5. The molecule has 1 saturated heterocycles. The molecule has 0 aromatic heterocycles. The topological polar surface area (TPSA) is 61.8 Å². The highest BCUT2D eigenvalue weighted by molar-refractivity contribution is 7.97. The summed E-state index contributed by atoms with van der Waals surface area (Å²) >= 11 is 0. The molecule has 0 N–H and O–H groups in total. The molecule has 3 fully saturated rings. The van der Waals surface area contributed by atoms with Gasteiger partial charge < -0.3 is 14.2 Å². The summed E-state index contributed by atoms with van der Waals surface area (Å²) in [5, 5.41) is 0. The monoisotopic (exact) mass is 515 g/mol. The number of hydrogen-bond donors (Lipinski definition) is 0. The minimum Gasteiger partial charge on any atom is -0.489 e. The summed E-state index contributed by atoms with van der Waals surface area (Å²) in [6.07, 6.45) is 0.385. The lowest BCUT2D eigenvalue weighted by Gasteiger charge is -2.32. The fourth-order valence-electron chi connectivity index (χ4n) is 5.99. The molecular weight excluding hydrogens is 484 g/mol. The number of carbonyl (C=O) groups excluding carboxylic acids is 2. The highest BCUT2D eigenvalue weighted by atomic mass is 32.2. The molecule has 6 rings (SSSR count). The Kier molecular flexibility index (Phi) is 6.45. The average Bonchev–Trinajstić information content (AvgIpc) is 3.55. The van der Waals surface area contributed by atoms with Crippen molar-refractivity contribution >= 4 is 22.8 Å². The van der Waals surface area contributed by atoms with E-state index in [0.29, 0.717) is 12.2 Å². The van der Waals surface area contributed by atoms with Gasteiger partial charge in [-0.1, -0.05) is 50.2 Å². The fraction of sp³-hybridized carbons (Fsp3) is 0.355. The van der Waals surface area contributed by atoms with Crippen molar-refractivity contribution in [3.05, 3.63) is 84.9 Å². The molecule has 0 amide bonds. The van der Waals surface area contributed by atoms with Gasteiger partial charge in [0.25, 0.3) is 0 Å². The van der Waals surface area contributed by atoms with Crippen LogP contribution < -0.4 is 4.74 Å². The molecule has 0 radical (unpaired) electrons. The third kappa shape index (κ3) is 4.31. The van der Waals surface area contributed by atoms with E-state index in [0.717, 1.165) is 6.42 Å². The lowest BCUT2D eigenvalue weighted by atomic mass is 9.85. The smallest absolute Gasteiger partial charge is 0.313 e. The van der Waals surface area contributed by atoms with Gasteiger partial charge in [0.15, 0.2) is 14.7 Å². The van der Waals surface area contributed by atoms with Crippen LogP contribution in [0.2, 0.25) is 0 Å². The highest BCUT2D eigenvalue weighted by Crippen LogP contribution is 2.56. The molecule has 0 spiro atoms. The zero-order valence-electron chi connectivity index (χ0n) is 21.0. The number of esters is 2. The lowest BCUT2D eigenvalue weighted by Crippen LogP contribution is -2.46. The van der Waals surface area contributed by atoms with Gasteiger partial charge in [-0.15, -0.1) is 0 Å². The maximum atomic E-state index is 12.7. The molecule has 7 atom stereocenters. The van der Waals surface area contributed by atoms with Crippen LogP contribution in [0, 0.1) is 23.7 Å². The van der Waals surface area contributed by atoms with Crippen LogP contribution >= 0.6 is 0 Å². The number of rotatable bonds is 8. The quantitative estimate of drug-likeness (QED) is 0.285. The largest absolute Gasteiger partial charge is 0.489 e. The fourth-order valence-corrected chi connectivity index (χ4v) is 8.08. The minimum atomic E-state index is -0.430. The summed E-state index contributed by atoms with van der Waals surface area (Å²) in [5.41, 5.74) is 0. The third-order valence-corrected chi connectivity index (χ3v) is 10.3. The summed E-state index contributed by atoms with van der Waals surface area (Å²) < 4.78 is 18.1. The maximum absolute atomic E-state index is 12.7. The van der Waals surface area contributed by atoms with Crippen molar-refractivity contribution in [3.63, 3.8) is 0 Å². The highest BCUT2D eigenvalue weighted by Gasteiger charge is 2.69. The predicted octanol–water partition coefficient (Wildman–Crippen LogP) is 5.68. The molecule has 2 saturated carbocycles. The van der Waals surface area contributed by atoms with Crippen LogP contribution in [0.25, 0.3) is 0 Å². The standard InChI is InChI=1S/C31H31O5S/c1-3-19(2)30(32)35-29-25-18-24-26(31(33)36-28(24)29)27(25)34-20-14-16-23(17-15-20)37(21-10-6-4-7-11-21)22-12-8-5-9-13-22/h4-17,19,24-29H,3,18H2,1-2H3/q+1. The zero-order valence-corrected chi connectivity index (χ0v) is 21.8. The van der Waals surface area contributed by atoms with Gasteiger partial charge in [0.2, 0.25) is 0 Å². The van der Waals surface area contributed by atoms with E-state index in [-0.39, 0.29) is 58.7 Å². The van der Waals surface area contributed by atoms with Crippen LogP contribution in [0.4, 0.5) is 0 Å². The molecule has 2 bridgehead atoms. The van der Waals surface area contributed by atoms with E-state index in [9.17, 15) is 9.59 Å². The van der Waals surface area contributed by atoms with Gasteiger partial charge in [0.05, 0.1) is 16.8 Å². The Morgan fingerprint density at radius 1 is 0.892 bits per heavy atom. The van der Waals surface area contributed by atoms with E-state index in [2.05, 4.69) is 60.7 Å². The van der Waals surface area contributed by atoms with Crippen LogP contribution in [0.3, 0.4) is 0 Å². The third-order valence-electron chi connectivity index (χ3n) is 8.03. The van der Waals surface area contributed by atoms with E-state index < -0.39 is 6.10 Å². The van der Waals surface area contributed by atoms with Crippen molar-refractivity contribution in [2.75, 3.05) is 0 Å². The second kappa shape index (κ2) is 9.90. The molecule has 1 heterocycles.